The molecule has 0 aliphatic rings. The number of hydrogen-bond donors (Lipinski definition) is 1. The molecule has 5 nitrogen and oxygen atoms in total. The number of ether oxygens (including phenoxy) is 2. The van der Waals surface area contributed by atoms with Crippen LogP contribution in [0.25, 0.3) is 22.7 Å². The van der Waals surface area contributed by atoms with Crippen LogP contribution in [0.5, 0.6) is 11.5 Å². The summed E-state index contributed by atoms with van der Waals surface area (Å²) in [6.07, 6.45) is 1.72. The molecule has 0 unspecified atom stereocenters. The highest BCUT2D eigenvalue weighted by molar-refractivity contribution is 6.32. The summed E-state index contributed by atoms with van der Waals surface area (Å²) >= 11 is 6.32. The van der Waals surface area contributed by atoms with Crippen LogP contribution in [0.1, 0.15) is 29.4 Å². The fourth-order valence-electron chi connectivity index (χ4n) is 2.82. The van der Waals surface area contributed by atoms with Crippen LogP contribution >= 0.6 is 11.6 Å². The molecule has 27 heavy (non-hydrogen) atoms. The maximum absolute atomic E-state index is 9.64. The summed E-state index contributed by atoms with van der Waals surface area (Å²) in [6, 6.07) is 9.77. The number of imidazole rings is 1. The van der Waals surface area contributed by atoms with E-state index < -0.39 is 0 Å². The van der Waals surface area contributed by atoms with Gasteiger partial charge in [-0.2, -0.15) is 5.26 Å². The van der Waals surface area contributed by atoms with Gasteiger partial charge in [0, 0.05) is 0 Å². The minimum Gasteiger partial charge on any atom is -0.493 e. The van der Waals surface area contributed by atoms with Crippen molar-refractivity contribution in [3.63, 3.8) is 0 Å². The predicted molar refractivity (Wildman–Crippen MR) is 108 cm³/mol. The minimum atomic E-state index is 0.406. The first-order valence-corrected chi connectivity index (χ1v) is 8.94. The fourth-order valence-corrected chi connectivity index (χ4v) is 3.10. The zero-order chi connectivity index (χ0) is 19.6. The van der Waals surface area contributed by atoms with E-state index in [0.717, 1.165) is 22.2 Å². The molecule has 0 radical (unpaired) electrons. The molecule has 1 N–H and O–H groups in total. The molecule has 1 aromatic heterocycles. The number of aromatic amines is 1. The fraction of sp³-hybridized carbons (Fsp3) is 0.238. The van der Waals surface area contributed by atoms with Gasteiger partial charge < -0.3 is 14.5 Å². The van der Waals surface area contributed by atoms with Gasteiger partial charge in [0.25, 0.3) is 0 Å². The van der Waals surface area contributed by atoms with Crippen LogP contribution in [0.4, 0.5) is 0 Å². The SMILES string of the molecule is CCOc1c(Cl)cc(/C=C(/C#N)c2nc3cc(C)c(C)cc3[nH]2)cc1OC. The first kappa shape index (κ1) is 18.8. The Morgan fingerprint density at radius 1 is 1.26 bits per heavy atom. The molecule has 6 heteroatoms. The van der Waals surface area contributed by atoms with E-state index in [1.54, 1.807) is 25.3 Å². The molecule has 0 saturated carbocycles. The Morgan fingerprint density at radius 3 is 2.67 bits per heavy atom. The van der Waals surface area contributed by atoms with Gasteiger partial charge in [0.05, 0.1) is 35.3 Å². The van der Waals surface area contributed by atoms with Crippen molar-refractivity contribution < 1.29 is 9.47 Å². The van der Waals surface area contributed by atoms with Crippen molar-refractivity contribution in [3.8, 4) is 17.6 Å². The summed E-state index contributed by atoms with van der Waals surface area (Å²) < 4.78 is 10.9. The maximum Gasteiger partial charge on any atom is 0.179 e. The van der Waals surface area contributed by atoms with E-state index in [9.17, 15) is 5.26 Å². The number of aryl methyl sites for hydroxylation is 2. The third kappa shape index (κ3) is 3.76. The molecule has 0 amide bonds. The Labute approximate surface area is 163 Å². The van der Waals surface area contributed by atoms with E-state index in [-0.39, 0.29) is 0 Å². The van der Waals surface area contributed by atoms with Gasteiger partial charge in [-0.15, -0.1) is 0 Å². The molecule has 0 bridgehead atoms. The summed E-state index contributed by atoms with van der Waals surface area (Å²) in [5.74, 6) is 1.53. The Hall–Kier alpha value is -2.97. The molecular formula is C21H20ClN3O2. The molecule has 3 rings (SSSR count). The largest absolute Gasteiger partial charge is 0.493 e. The molecule has 0 aliphatic carbocycles. The monoisotopic (exact) mass is 381 g/mol. The third-order valence-electron chi connectivity index (χ3n) is 4.32. The highest BCUT2D eigenvalue weighted by Gasteiger charge is 2.13. The Kier molecular flexibility index (Phi) is 5.38. The second-order valence-electron chi connectivity index (χ2n) is 6.18. The van der Waals surface area contributed by atoms with Crippen LogP contribution < -0.4 is 9.47 Å². The third-order valence-corrected chi connectivity index (χ3v) is 4.61. The molecule has 0 aliphatic heterocycles. The first-order chi connectivity index (χ1) is 13.0. The molecule has 3 aromatic rings. The number of nitrogens with one attached hydrogen (secondary N) is 1. The number of rotatable bonds is 5. The normalized spacial score (nSPS) is 11.5. The number of nitriles is 1. The number of hydrogen-bond acceptors (Lipinski definition) is 4. The standard InChI is InChI=1S/C21H20ClN3O2/c1-5-27-20-16(22)9-14(10-19(20)26-4)8-15(11-23)21-24-17-6-12(2)13(3)7-18(17)25-21/h6-10H,5H2,1-4H3,(H,24,25)/b15-8-. The zero-order valence-corrected chi connectivity index (χ0v) is 16.4. The lowest BCUT2D eigenvalue weighted by molar-refractivity contribution is 0.311. The number of fused-ring (bicyclic) bond motifs is 1. The summed E-state index contributed by atoms with van der Waals surface area (Å²) in [7, 11) is 1.55. The van der Waals surface area contributed by atoms with Crippen molar-refractivity contribution in [3.05, 3.63) is 51.8 Å². The average molecular weight is 382 g/mol. The number of methoxy groups -OCH3 is 1. The first-order valence-electron chi connectivity index (χ1n) is 8.56. The van der Waals surface area contributed by atoms with Crippen LogP contribution in [-0.2, 0) is 0 Å². The van der Waals surface area contributed by atoms with Crippen LogP contribution in [0, 0.1) is 25.2 Å². The summed E-state index contributed by atoms with van der Waals surface area (Å²) in [6.45, 7) is 6.44. The topological polar surface area (TPSA) is 70.9 Å². The molecule has 0 saturated heterocycles. The Morgan fingerprint density at radius 2 is 2.00 bits per heavy atom. The number of benzene rings is 2. The van der Waals surface area contributed by atoms with Crippen molar-refractivity contribution >= 4 is 34.3 Å². The summed E-state index contributed by atoms with van der Waals surface area (Å²) in [4.78, 5) is 7.78. The average Bonchev–Trinajstić information content (AvgIpc) is 3.04. The minimum absolute atomic E-state index is 0.406. The number of aromatic nitrogens is 2. The molecule has 0 atom stereocenters. The van der Waals surface area contributed by atoms with Crippen LogP contribution in [-0.4, -0.2) is 23.7 Å². The van der Waals surface area contributed by atoms with Crippen molar-refractivity contribution in [2.75, 3.05) is 13.7 Å². The van der Waals surface area contributed by atoms with Crippen molar-refractivity contribution in [2.24, 2.45) is 0 Å². The quantitative estimate of drug-likeness (QED) is 0.608. The second kappa shape index (κ2) is 7.73. The van der Waals surface area contributed by atoms with Crippen molar-refractivity contribution in [1.82, 2.24) is 9.97 Å². The molecule has 138 valence electrons. The highest BCUT2D eigenvalue weighted by Crippen LogP contribution is 2.37. The van der Waals surface area contributed by atoms with Gasteiger partial charge in [0.1, 0.15) is 11.9 Å². The van der Waals surface area contributed by atoms with E-state index in [0.29, 0.717) is 34.5 Å². The van der Waals surface area contributed by atoms with E-state index in [1.165, 1.54) is 5.56 Å². The van der Waals surface area contributed by atoms with E-state index >= 15 is 0 Å². The van der Waals surface area contributed by atoms with Gasteiger partial charge in [-0.25, -0.2) is 4.98 Å². The molecule has 1 heterocycles. The smallest absolute Gasteiger partial charge is 0.179 e. The molecule has 0 fully saturated rings. The van der Waals surface area contributed by atoms with Crippen LogP contribution in [0.15, 0.2) is 24.3 Å². The van der Waals surface area contributed by atoms with Gasteiger partial charge in [-0.05, 0) is 67.8 Å². The number of halogens is 1. The molecular weight excluding hydrogens is 362 g/mol. The van der Waals surface area contributed by atoms with E-state index in [4.69, 9.17) is 21.1 Å². The van der Waals surface area contributed by atoms with Crippen molar-refractivity contribution in [1.29, 1.82) is 5.26 Å². The molecule has 0 spiro atoms. The molecule has 2 aromatic carbocycles. The van der Waals surface area contributed by atoms with Crippen molar-refractivity contribution in [2.45, 2.75) is 20.8 Å². The van der Waals surface area contributed by atoms with E-state index in [1.807, 2.05) is 32.9 Å². The lowest BCUT2D eigenvalue weighted by Crippen LogP contribution is -1.97. The van der Waals surface area contributed by atoms with Gasteiger partial charge in [0.2, 0.25) is 0 Å². The lowest BCUT2D eigenvalue weighted by atomic mass is 10.1. The van der Waals surface area contributed by atoms with Gasteiger partial charge in [-0.1, -0.05) is 11.6 Å². The highest BCUT2D eigenvalue weighted by atomic mass is 35.5. The van der Waals surface area contributed by atoms with Gasteiger partial charge in [-0.3, -0.25) is 0 Å². The van der Waals surface area contributed by atoms with Crippen LogP contribution in [0.3, 0.4) is 0 Å². The maximum atomic E-state index is 9.64. The van der Waals surface area contributed by atoms with Gasteiger partial charge >= 0.3 is 0 Å². The summed E-state index contributed by atoms with van der Waals surface area (Å²) in [5.41, 5.74) is 5.19. The van der Waals surface area contributed by atoms with E-state index in [2.05, 4.69) is 16.0 Å². The zero-order valence-electron chi connectivity index (χ0n) is 15.7. The lowest BCUT2D eigenvalue weighted by Gasteiger charge is -2.12. The Balaban J connectivity index is 2.07. The number of H-pyrrole nitrogens is 1. The Bertz CT molecular complexity index is 1040. The van der Waals surface area contributed by atoms with Crippen LogP contribution in [0.2, 0.25) is 5.02 Å². The predicted octanol–water partition coefficient (Wildman–Crippen LogP) is 5.30. The van der Waals surface area contributed by atoms with Gasteiger partial charge in [0.15, 0.2) is 11.5 Å². The second-order valence-corrected chi connectivity index (χ2v) is 6.58. The number of allylic oxidation sites excluding steroid dienone is 1. The summed E-state index contributed by atoms with van der Waals surface area (Å²) in [5, 5.41) is 10.1. The number of nitrogens with zero attached hydrogens (tertiary/aromatic N) is 2.